The maximum absolute atomic E-state index is 12.4. The molecule has 0 spiro atoms. The fourth-order valence-electron chi connectivity index (χ4n) is 2.69. The third-order valence-electron chi connectivity index (χ3n) is 3.91. The summed E-state index contributed by atoms with van der Waals surface area (Å²) in [5.41, 5.74) is 1.73. The molecule has 114 valence electrons. The number of nitrogens with one attached hydrogen (secondary N) is 1. The minimum absolute atomic E-state index is 0.0801. The number of carbonyl (C=O) groups excluding carboxylic acids is 1. The van der Waals surface area contributed by atoms with Crippen molar-refractivity contribution in [1.29, 1.82) is 0 Å². The van der Waals surface area contributed by atoms with Crippen LogP contribution in [-0.2, 0) is 0 Å². The molecular weight excluding hydrogens is 298 g/mol. The highest BCUT2D eigenvalue weighted by molar-refractivity contribution is 6.30. The number of amides is 1. The van der Waals surface area contributed by atoms with Gasteiger partial charge in [-0.15, -0.1) is 0 Å². The summed E-state index contributed by atoms with van der Waals surface area (Å²) in [5.74, 6) is 0.0801. The van der Waals surface area contributed by atoms with E-state index in [1.165, 1.54) is 0 Å². The first-order valence-electron chi connectivity index (χ1n) is 7.44. The second-order valence-corrected chi connectivity index (χ2v) is 5.90. The normalized spacial score (nSPS) is 15.6. The van der Waals surface area contributed by atoms with Crippen LogP contribution in [0, 0.1) is 0 Å². The van der Waals surface area contributed by atoms with Crippen molar-refractivity contribution in [2.24, 2.45) is 0 Å². The summed E-state index contributed by atoms with van der Waals surface area (Å²) in [6, 6.07) is 11.4. The number of benzene rings is 1. The Morgan fingerprint density at radius 2 is 1.91 bits per heavy atom. The molecule has 4 nitrogen and oxygen atoms in total. The van der Waals surface area contributed by atoms with Gasteiger partial charge in [-0.25, -0.2) is 0 Å². The number of carbonyl (C=O) groups is 1. The summed E-state index contributed by atoms with van der Waals surface area (Å²) >= 11 is 5.86. The van der Waals surface area contributed by atoms with Gasteiger partial charge in [0.15, 0.2) is 0 Å². The number of pyridine rings is 1. The average Bonchev–Trinajstić information content (AvgIpc) is 2.57. The van der Waals surface area contributed by atoms with Crippen molar-refractivity contribution in [3.8, 4) is 0 Å². The van der Waals surface area contributed by atoms with E-state index in [0.717, 1.165) is 31.6 Å². The largest absolute Gasteiger partial charge is 0.381 e. The molecule has 1 aliphatic rings. The van der Waals surface area contributed by atoms with Crippen LogP contribution in [-0.4, -0.2) is 34.9 Å². The summed E-state index contributed by atoms with van der Waals surface area (Å²) in [7, 11) is 0. The van der Waals surface area contributed by atoms with Crippen molar-refractivity contribution < 1.29 is 4.79 Å². The Morgan fingerprint density at radius 1 is 1.18 bits per heavy atom. The lowest BCUT2D eigenvalue weighted by atomic mass is 10.0. The zero-order valence-electron chi connectivity index (χ0n) is 12.2. The molecule has 2 heterocycles. The Morgan fingerprint density at radius 3 is 2.55 bits per heavy atom. The third-order valence-corrected chi connectivity index (χ3v) is 4.16. The lowest BCUT2D eigenvalue weighted by Gasteiger charge is -2.33. The standard InChI is InChI=1S/C17H18ClN3O/c18-14-5-3-13(4-6-14)17(22)21-10-7-15(8-11-21)20-16-2-1-9-19-12-16/h1-6,9,12,15,20H,7-8,10-11H2. The van der Waals surface area contributed by atoms with Crippen molar-refractivity contribution in [3.05, 3.63) is 59.4 Å². The van der Waals surface area contributed by atoms with E-state index in [9.17, 15) is 4.79 Å². The highest BCUT2D eigenvalue weighted by atomic mass is 35.5. The molecule has 1 saturated heterocycles. The number of aromatic nitrogens is 1. The lowest BCUT2D eigenvalue weighted by Crippen LogP contribution is -2.42. The molecule has 1 aliphatic heterocycles. The summed E-state index contributed by atoms with van der Waals surface area (Å²) in [5, 5.41) is 4.12. The van der Waals surface area contributed by atoms with Gasteiger partial charge in [-0.05, 0) is 49.2 Å². The first-order valence-corrected chi connectivity index (χ1v) is 7.81. The Balaban J connectivity index is 1.55. The Hall–Kier alpha value is -2.07. The van der Waals surface area contributed by atoms with E-state index in [1.54, 1.807) is 30.5 Å². The number of nitrogens with zero attached hydrogens (tertiary/aromatic N) is 2. The quantitative estimate of drug-likeness (QED) is 0.943. The van der Waals surface area contributed by atoms with E-state index in [2.05, 4.69) is 10.3 Å². The van der Waals surface area contributed by atoms with E-state index < -0.39 is 0 Å². The van der Waals surface area contributed by atoms with Gasteiger partial charge in [0.25, 0.3) is 5.91 Å². The molecule has 1 aromatic heterocycles. The van der Waals surface area contributed by atoms with E-state index in [-0.39, 0.29) is 5.91 Å². The second kappa shape index (κ2) is 6.79. The molecule has 22 heavy (non-hydrogen) atoms. The first kappa shape index (κ1) is 14.9. The van der Waals surface area contributed by atoms with Crippen LogP contribution in [0.25, 0.3) is 0 Å². The smallest absolute Gasteiger partial charge is 0.253 e. The summed E-state index contributed by atoms with van der Waals surface area (Å²) in [6.45, 7) is 1.53. The van der Waals surface area contributed by atoms with Crippen LogP contribution in [0.3, 0.4) is 0 Å². The number of likely N-dealkylation sites (tertiary alicyclic amines) is 1. The molecule has 5 heteroatoms. The predicted octanol–water partition coefficient (Wildman–Crippen LogP) is 3.45. The minimum Gasteiger partial charge on any atom is -0.381 e. The van der Waals surface area contributed by atoms with Gasteiger partial charge >= 0.3 is 0 Å². The number of hydrogen-bond acceptors (Lipinski definition) is 3. The van der Waals surface area contributed by atoms with Crippen LogP contribution in [0.2, 0.25) is 5.02 Å². The Kier molecular flexibility index (Phi) is 4.59. The number of halogens is 1. The predicted molar refractivity (Wildman–Crippen MR) is 88.2 cm³/mol. The maximum Gasteiger partial charge on any atom is 0.253 e. The van der Waals surface area contributed by atoms with Crippen molar-refractivity contribution in [2.45, 2.75) is 18.9 Å². The van der Waals surface area contributed by atoms with Crippen LogP contribution >= 0.6 is 11.6 Å². The van der Waals surface area contributed by atoms with Crippen molar-refractivity contribution in [3.63, 3.8) is 0 Å². The number of hydrogen-bond donors (Lipinski definition) is 1. The highest BCUT2D eigenvalue weighted by Crippen LogP contribution is 2.18. The van der Waals surface area contributed by atoms with E-state index in [1.807, 2.05) is 23.2 Å². The topological polar surface area (TPSA) is 45.2 Å². The van der Waals surface area contributed by atoms with Gasteiger partial charge in [0.05, 0.1) is 5.69 Å². The van der Waals surface area contributed by atoms with Crippen LogP contribution in [0.15, 0.2) is 48.8 Å². The SMILES string of the molecule is O=C(c1ccc(Cl)cc1)N1CCC(Nc2cccnc2)CC1. The van der Waals surface area contributed by atoms with Crippen molar-refractivity contribution in [2.75, 3.05) is 18.4 Å². The van der Waals surface area contributed by atoms with Gasteiger partial charge < -0.3 is 10.2 Å². The molecule has 3 rings (SSSR count). The molecule has 0 radical (unpaired) electrons. The Labute approximate surface area is 135 Å². The molecule has 0 saturated carbocycles. The molecule has 0 bridgehead atoms. The van der Waals surface area contributed by atoms with E-state index in [0.29, 0.717) is 16.6 Å². The van der Waals surface area contributed by atoms with Crippen LogP contribution in [0.1, 0.15) is 23.2 Å². The maximum atomic E-state index is 12.4. The molecule has 1 fully saturated rings. The average molecular weight is 316 g/mol. The second-order valence-electron chi connectivity index (χ2n) is 5.46. The van der Waals surface area contributed by atoms with Crippen molar-refractivity contribution >= 4 is 23.2 Å². The molecule has 0 unspecified atom stereocenters. The molecule has 1 amide bonds. The van der Waals surface area contributed by atoms with Crippen LogP contribution < -0.4 is 5.32 Å². The fourth-order valence-corrected chi connectivity index (χ4v) is 2.81. The summed E-state index contributed by atoms with van der Waals surface area (Å²) in [6.07, 6.45) is 5.46. The Bertz CT molecular complexity index is 622. The fraction of sp³-hybridized carbons (Fsp3) is 0.294. The molecule has 0 atom stereocenters. The van der Waals surface area contributed by atoms with Crippen LogP contribution in [0.4, 0.5) is 5.69 Å². The van der Waals surface area contributed by atoms with Gasteiger partial charge in [-0.2, -0.15) is 0 Å². The minimum atomic E-state index is 0.0801. The van der Waals surface area contributed by atoms with E-state index >= 15 is 0 Å². The van der Waals surface area contributed by atoms with E-state index in [4.69, 9.17) is 11.6 Å². The summed E-state index contributed by atoms with van der Waals surface area (Å²) in [4.78, 5) is 18.4. The zero-order valence-corrected chi connectivity index (χ0v) is 13.0. The highest BCUT2D eigenvalue weighted by Gasteiger charge is 2.23. The molecule has 1 aromatic carbocycles. The first-order chi connectivity index (χ1) is 10.7. The summed E-state index contributed by atoms with van der Waals surface area (Å²) < 4.78 is 0. The van der Waals surface area contributed by atoms with Gasteiger partial charge in [0.1, 0.15) is 0 Å². The van der Waals surface area contributed by atoms with Gasteiger partial charge in [-0.3, -0.25) is 9.78 Å². The number of anilines is 1. The number of piperidine rings is 1. The third kappa shape index (κ3) is 3.57. The molecule has 0 aliphatic carbocycles. The van der Waals surface area contributed by atoms with Gasteiger partial charge in [-0.1, -0.05) is 11.6 Å². The number of rotatable bonds is 3. The van der Waals surface area contributed by atoms with Gasteiger partial charge in [0.2, 0.25) is 0 Å². The van der Waals surface area contributed by atoms with Crippen LogP contribution in [0.5, 0.6) is 0 Å². The molecule has 2 aromatic rings. The molecule has 1 N–H and O–H groups in total. The monoisotopic (exact) mass is 315 g/mol. The van der Waals surface area contributed by atoms with Crippen molar-refractivity contribution in [1.82, 2.24) is 9.88 Å². The molecular formula is C17H18ClN3O. The lowest BCUT2D eigenvalue weighted by molar-refractivity contribution is 0.0718. The van der Waals surface area contributed by atoms with Gasteiger partial charge in [0, 0.05) is 42.1 Å². The zero-order chi connectivity index (χ0) is 15.4.